The Balaban J connectivity index is 0.00000400. The molecular formula is C41H66CoN5O2-. The van der Waals surface area contributed by atoms with Crippen molar-refractivity contribution in [2.75, 3.05) is 52.9 Å². The van der Waals surface area contributed by atoms with E-state index in [1.165, 1.54) is 29.9 Å². The van der Waals surface area contributed by atoms with Crippen LogP contribution in [0.3, 0.4) is 0 Å². The van der Waals surface area contributed by atoms with Gasteiger partial charge in [-0.25, -0.2) is 0 Å². The summed E-state index contributed by atoms with van der Waals surface area (Å²) in [4.78, 5) is 14.4. The number of phenols is 2. The monoisotopic (exact) mass is 719 g/mol. The molecule has 0 aromatic heterocycles. The maximum atomic E-state index is 11.3. The minimum absolute atomic E-state index is 0. The average molecular weight is 720 g/mol. The van der Waals surface area contributed by atoms with Crippen LogP contribution in [0.4, 0.5) is 0 Å². The van der Waals surface area contributed by atoms with Gasteiger partial charge in [0.05, 0.1) is 52.9 Å². The van der Waals surface area contributed by atoms with Gasteiger partial charge in [0, 0.05) is 58.7 Å². The summed E-state index contributed by atoms with van der Waals surface area (Å²) < 4.78 is 2.41. The third-order valence-corrected chi connectivity index (χ3v) is 9.28. The average Bonchev–Trinajstić information content (AvgIpc) is 2.95. The van der Waals surface area contributed by atoms with Gasteiger partial charge in [-0.1, -0.05) is 74.4 Å². The minimum Gasteiger partial charge on any atom is -0.507 e. The van der Waals surface area contributed by atoms with E-state index in [0.29, 0.717) is 24.6 Å². The molecule has 0 amide bonds. The zero-order valence-electron chi connectivity index (χ0n) is 32.7. The summed E-state index contributed by atoms with van der Waals surface area (Å²) in [6.45, 7) is 26.1. The zero-order valence-corrected chi connectivity index (χ0v) is 33.7. The Hall–Kier alpha value is -2.84. The summed E-state index contributed by atoms with van der Waals surface area (Å²) in [6.07, 6.45) is 7.81. The largest absolute Gasteiger partial charge is 0.507 e. The Kier molecular flexibility index (Phi) is 16.1. The fourth-order valence-electron chi connectivity index (χ4n) is 6.46. The number of rotatable bonds is 9. The molecule has 0 unspecified atom stereocenters. The van der Waals surface area contributed by atoms with Crippen LogP contribution in [0.5, 0.6) is 11.5 Å². The zero-order chi connectivity index (χ0) is 33.9. The van der Waals surface area contributed by atoms with E-state index in [-0.39, 0.29) is 47.9 Å². The van der Waals surface area contributed by atoms with Gasteiger partial charge in [0.15, 0.2) is 0 Å². The van der Waals surface area contributed by atoms with Crippen molar-refractivity contribution < 1.29 is 31.6 Å². The smallest absolute Gasteiger partial charge is 0.350 e. The first-order chi connectivity index (χ1) is 21.5. The predicted octanol–water partition coefficient (Wildman–Crippen LogP) is 7.77. The van der Waals surface area contributed by atoms with Gasteiger partial charge in [-0.15, -0.1) is 0 Å². The van der Waals surface area contributed by atoms with Crippen LogP contribution in [0.15, 0.2) is 34.3 Å². The first-order valence-corrected chi connectivity index (χ1v) is 17.3. The first kappa shape index (κ1) is 44.2. The Morgan fingerprint density at radius 2 is 1.27 bits per heavy atom. The van der Waals surface area contributed by atoms with Crippen molar-refractivity contribution in [1.29, 1.82) is 0 Å². The van der Waals surface area contributed by atoms with E-state index < -0.39 is 0 Å². The number of aromatic hydroxyl groups is 2. The second-order valence-corrected chi connectivity index (χ2v) is 16.4. The normalized spacial score (nSPS) is 15.6. The molecule has 1 fully saturated rings. The quantitative estimate of drug-likeness (QED) is 0.120. The number of nitrogens with zero attached hydrogens (tertiary/aromatic N) is 5. The molecule has 7 nitrogen and oxygen atoms in total. The molecule has 0 spiro atoms. The van der Waals surface area contributed by atoms with Gasteiger partial charge in [-0.2, -0.15) is 0 Å². The van der Waals surface area contributed by atoms with E-state index >= 15 is 0 Å². The van der Waals surface area contributed by atoms with Gasteiger partial charge in [-0.05, 0) is 57.9 Å². The molecule has 49 heavy (non-hydrogen) atoms. The summed E-state index contributed by atoms with van der Waals surface area (Å²) in [7, 11) is 2.21. The SMILES string of the molecule is C[N+]1=C2N(CCCc3cc(C(C)(C)C)cc(C=NCCN=Cc4cc(C(C)(C)C)cc(C(C)(C)C)c4O)c3O)CCCN2CCC1.[CH3-].[CH3-].[Co]. The maximum Gasteiger partial charge on any atom is 0.350 e. The summed E-state index contributed by atoms with van der Waals surface area (Å²) in [5.74, 6) is 2.01. The van der Waals surface area contributed by atoms with Gasteiger partial charge in [0.25, 0.3) is 0 Å². The van der Waals surface area contributed by atoms with Crippen molar-refractivity contribution in [1.82, 2.24) is 9.80 Å². The van der Waals surface area contributed by atoms with Crippen molar-refractivity contribution in [2.45, 2.75) is 104 Å². The summed E-state index contributed by atoms with van der Waals surface area (Å²) >= 11 is 0. The number of aryl methyl sites for hydroxylation is 1. The molecule has 0 saturated carbocycles. The molecule has 2 heterocycles. The summed E-state index contributed by atoms with van der Waals surface area (Å²) in [5.41, 5.74) is 5.55. The van der Waals surface area contributed by atoms with E-state index in [0.717, 1.165) is 67.8 Å². The second-order valence-electron chi connectivity index (χ2n) is 16.4. The van der Waals surface area contributed by atoms with E-state index in [9.17, 15) is 10.2 Å². The van der Waals surface area contributed by atoms with Crippen LogP contribution in [-0.2, 0) is 39.4 Å². The standard InChI is InChI=1S/C39H59N5O2.2CH3.Co/c1-37(2,3)31-22-28(14-11-18-43-20-13-21-44-19-12-17-42(10)36(43)44)34(45)29(23-31)26-40-15-16-41-27-30-24-32(38(4,5)6)25-33(35(30)46)39(7,8)9;;;/h22-27H,11-21H2,1-10H3,(H-,40,41,45,46);2*1H3;/q;2*-1;/p+1. The molecule has 2 aromatic carbocycles. The van der Waals surface area contributed by atoms with Crippen LogP contribution in [0, 0.1) is 14.9 Å². The van der Waals surface area contributed by atoms with Crippen LogP contribution in [0.25, 0.3) is 0 Å². The first-order valence-electron chi connectivity index (χ1n) is 17.3. The molecule has 277 valence electrons. The number of hydrogen-bond donors (Lipinski definition) is 2. The van der Waals surface area contributed by atoms with E-state index in [2.05, 4.69) is 112 Å². The van der Waals surface area contributed by atoms with Gasteiger partial charge < -0.3 is 25.1 Å². The van der Waals surface area contributed by atoms with Crippen molar-refractivity contribution in [2.24, 2.45) is 9.98 Å². The summed E-state index contributed by atoms with van der Waals surface area (Å²) in [6, 6.07) is 8.43. The Labute approximate surface area is 309 Å². The number of benzene rings is 2. The van der Waals surface area contributed by atoms with Gasteiger partial charge in [0.1, 0.15) is 11.5 Å². The molecule has 4 rings (SSSR count). The molecule has 2 aliphatic rings. The van der Waals surface area contributed by atoms with Crippen LogP contribution >= 0.6 is 0 Å². The molecule has 1 saturated heterocycles. The Morgan fingerprint density at radius 1 is 0.735 bits per heavy atom. The maximum absolute atomic E-state index is 11.3. The number of hydrogen-bond acceptors (Lipinski definition) is 6. The fourth-order valence-corrected chi connectivity index (χ4v) is 6.46. The van der Waals surface area contributed by atoms with Crippen molar-refractivity contribution in [3.05, 3.63) is 72.5 Å². The molecule has 8 heteroatoms. The van der Waals surface area contributed by atoms with Crippen LogP contribution in [-0.4, -0.2) is 95.8 Å². The molecule has 0 atom stereocenters. The summed E-state index contributed by atoms with van der Waals surface area (Å²) in [5, 5.41) is 22.4. The van der Waals surface area contributed by atoms with Crippen LogP contribution in [0.1, 0.15) is 115 Å². The third-order valence-electron chi connectivity index (χ3n) is 9.28. The molecule has 2 aromatic rings. The number of guanidine groups is 1. The predicted molar refractivity (Wildman–Crippen MR) is 207 cm³/mol. The van der Waals surface area contributed by atoms with Crippen LogP contribution in [0.2, 0.25) is 0 Å². The second kappa shape index (κ2) is 17.9. The Morgan fingerprint density at radius 3 is 1.82 bits per heavy atom. The molecule has 0 aliphatic carbocycles. The fraction of sp³-hybridized carbons (Fsp3) is 0.585. The van der Waals surface area contributed by atoms with Crippen molar-refractivity contribution in [3.8, 4) is 11.5 Å². The van der Waals surface area contributed by atoms with Crippen molar-refractivity contribution in [3.63, 3.8) is 0 Å². The number of aliphatic imine (C=N–C) groups is 2. The molecule has 2 N–H and O–H groups in total. The van der Waals surface area contributed by atoms with Gasteiger partial charge in [-0.3, -0.25) is 24.4 Å². The van der Waals surface area contributed by atoms with E-state index in [1.807, 2.05) is 6.07 Å². The van der Waals surface area contributed by atoms with E-state index in [1.54, 1.807) is 12.4 Å². The number of phenolic OH excluding ortho intramolecular Hbond substituents is 2. The van der Waals surface area contributed by atoms with Gasteiger partial charge >= 0.3 is 5.96 Å². The number of fused-ring (bicyclic) bond motifs is 1. The minimum atomic E-state index is -0.180. The molecule has 0 bridgehead atoms. The van der Waals surface area contributed by atoms with Gasteiger partial charge in [0.2, 0.25) is 0 Å². The van der Waals surface area contributed by atoms with Crippen molar-refractivity contribution >= 4 is 18.4 Å². The topological polar surface area (TPSA) is 74.7 Å². The van der Waals surface area contributed by atoms with E-state index in [4.69, 9.17) is 0 Å². The van der Waals surface area contributed by atoms with Crippen LogP contribution < -0.4 is 0 Å². The third kappa shape index (κ3) is 11.3. The molecule has 2 aliphatic heterocycles. The molecular weight excluding hydrogens is 653 g/mol. The Bertz CT molecular complexity index is 1470. The molecule has 1 radical (unpaired) electrons.